The third-order valence-corrected chi connectivity index (χ3v) is 6.83. The van der Waals surface area contributed by atoms with Gasteiger partial charge >= 0.3 is 0 Å². The van der Waals surface area contributed by atoms with Gasteiger partial charge in [-0.05, 0) is 36.8 Å². The van der Waals surface area contributed by atoms with E-state index in [0.29, 0.717) is 21.2 Å². The molecule has 0 radical (unpaired) electrons. The number of sulfonamides is 1. The number of anilines is 1. The van der Waals surface area contributed by atoms with Crippen molar-refractivity contribution in [2.45, 2.75) is 17.8 Å². The smallest absolute Gasteiger partial charge is 0.270 e. The number of carbonyl (C=O) groups excluding carboxylic acids is 1. The van der Waals surface area contributed by atoms with Crippen LogP contribution in [0.3, 0.4) is 0 Å². The Labute approximate surface area is 175 Å². The van der Waals surface area contributed by atoms with Crippen LogP contribution in [0, 0.1) is 6.92 Å². The Balaban J connectivity index is 1.67. The van der Waals surface area contributed by atoms with Gasteiger partial charge in [0.15, 0.2) is 0 Å². The molecule has 1 amide bonds. The zero-order valence-electron chi connectivity index (χ0n) is 14.4. The van der Waals surface area contributed by atoms with Gasteiger partial charge in [0.1, 0.15) is 0 Å². The first-order valence-electron chi connectivity index (χ1n) is 7.90. The Hall–Kier alpha value is -2.04. The fourth-order valence-electron chi connectivity index (χ4n) is 2.14. The van der Waals surface area contributed by atoms with Crippen LogP contribution in [0.4, 0.5) is 5.13 Å². The number of benzene rings is 2. The van der Waals surface area contributed by atoms with Crippen molar-refractivity contribution < 1.29 is 13.2 Å². The summed E-state index contributed by atoms with van der Waals surface area (Å²) in [7, 11) is -3.92. The second kappa shape index (κ2) is 8.54. The molecule has 0 fully saturated rings. The lowest BCUT2D eigenvalue weighted by Gasteiger charge is -2.06. The lowest BCUT2D eigenvalue weighted by Crippen LogP contribution is -2.23. The van der Waals surface area contributed by atoms with E-state index >= 15 is 0 Å². The molecule has 1 heterocycles. The summed E-state index contributed by atoms with van der Waals surface area (Å²) in [6, 6.07) is 11.7. The molecule has 0 aliphatic rings. The summed E-state index contributed by atoms with van der Waals surface area (Å²) in [6.45, 7) is 1.87. The molecule has 28 heavy (non-hydrogen) atoms. The number of aryl methyl sites for hydroxylation is 1. The van der Waals surface area contributed by atoms with Crippen molar-refractivity contribution >= 4 is 55.6 Å². The van der Waals surface area contributed by atoms with Gasteiger partial charge < -0.3 is 0 Å². The van der Waals surface area contributed by atoms with E-state index in [4.69, 9.17) is 23.2 Å². The summed E-state index contributed by atoms with van der Waals surface area (Å²) in [5.74, 6) is -0.402. The van der Waals surface area contributed by atoms with Crippen molar-refractivity contribution in [3.05, 3.63) is 69.2 Å². The van der Waals surface area contributed by atoms with Crippen molar-refractivity contribution in [2.75, 3.05) is 5.32 Å². The maximum atomic E-state index is 12.4. The van der Waals surface area contributed by atoms with E-state index < -0.39 is 15.9 Å². The summed E-state index contributed by atoms with van der Waals surface area (Å²) in [5.41, 5.74) is 2.01. The first kappa shape index (κ1) is 20.7. The molecule has 7 nitrogen and oxygen atoms in total. The zero-order valence-corrected chi connectivity index (χ0v) is 17.6. The minimum atomic E-state index is -3.92. The maximum Gasteiger partial charge on any atom is 0.270 e. The largest absolute Gasteiger partial charge is 0.296 e. The predicted molar refractivity (Wildman–Crippen MR) is 110 cm³/mol. The van der Waals surface area contributed by atoms with Crippen LogP contribution in [0.1, 0.15) is 21.5 Å². The molecule has 0 spiro atoms. The van der Waals surface area contributed by atoms with Gasteiger partial charge in [-0.2, -0.15) is 0 Å². The molecule has 3 aromatic rings. The fraction of sp³-hybridized carbons (Fsp3) is 0.118. The van der Waals surface area contributed by atoms with Gasteiger partial charge in [0.25, 0.3) is 15.9 Å². The number of rotatable bonds is 6. The third kappa shape index (κ3) is 5.06. The van der Waals surface area contributed by atoms with Crippen molar-refractivity contribution in [3.8, 4) is 0 Å². The van der Waals surface area contributed by atoms with E-state index in [1.807, 2.05) is 6.92 Å². The zero-order chi connectivity index (χ0) is 20.3. The van der Waals surface area contributed by atoms with Gasteiger partial charge in [-0.3, -0.25) is 10.1 Å². The predicted octanol–water partition coefficient (Wildman–Crippen LogP) is 3.88. The number of nitrogens with one attached hydrogen (secondary N) is 2. The minimum Gasteiger partial charge on any atom is -0.296 e. The number of halogens is 2. The molecule has 11 heteroatoms. The van der Waals surface area contributed by atoms with E-state index in [-0.39, 0.29) is 16.0 Å². The van der Waals surface area contributed by atoms with Gasteiger partial charge in [0, 0.05) is 22.2 Å². The first-order valence-corrected chi connectivity index (χ1v) is 11.0. The molecule has 3 rings (SSSR count). The molecule has 0 saturated heterocycles. The van der Waals surface area contributed by atoms with Crippen molar-refractivity contribution in [1.82, 2.24) is 14.9 Å². The molecule has 0 aliphatic carbocycles. The third-order valence-electron chi connectivity index (χ3n) is 3.64. The van der Waals surface area contributed by atoms with Crippen LogP contribution in [0.2, 0.25) is 10.0 Å². The van der Waals surface area contributed by atoms with E-state index in [1.54, 1.807) is 36.4 Å². The SMILES string of the molecule is Cc1ccc(C(=O)Nc2nnc(S(=O)(=O)NCc3ccc(Cl)cc3Cl)s2)cc1. The molecule has 0 unspecified atom stereocenters. The van der Waals surface area contributed by atoms with Crippen LogP contribution in [0.5, 0.6) is 0 Å². The Bertz CT molecular complexity index is 1120. The Morgan fingerprint density at radius 2 is 1.82 bits per heavy atom. The molecule has 0 aliphatic heterocycles. The highest BCUT2D eigenvalue weighted by Gasteiger charge is 2.21. The summed E-state index contributed by atoms with van der Waals surface area (Å²) in [5, 5.41) is 10.8. The van der Waals surface area contributed by atoms with Crippen molar-refractivity contribution in [3.63, 3.8) is 0 Å². The van der Waals surface area contributed by atoms with Gasteiger partial charge in [-0.1, -0.05) is 58.3 Å². The van der Waals surface area contributed by atoms with Crippen molar-refractivity contribution in [2.24, 2.45) is 0 Å². The molecular formula is C17H14Cl2N4O3S2. The highest BCUT2D eigenvalue weighted by atomic mass is 35.5. The van der Waals surface area contributed by atoms with Crippen molar-refractivity contribution in [1.29, 1.82) is 0 Å². The minimum absolute atomic E-state index is 0.0387. The highest BCUT2D eigenvalue weighted by Crippen LogP contribution is 2.23. The van der Waals surface area contributed by atoms with Crippen LogP contribution in [0.25, 0.3) is 0 Å². The molecule has 2 aromatic carbocycles. The average Bonchev–Trinajstić information content (AvgIpc) is 3.11. The number of nitrogens with zero attached hydrogens (tertiary/aromatic N) is 2. The van der Waals surface area contributed by atoms with Crippen LogP contribution >= 0.6 is 34.5 Å². The molecule has 0 saturated carbocycles. The van der Waals surface area contributed by atoms with Crippen LogP contribution in [-0.2, 0) is 16.6 Å². The summed E-state index contributed by atoms with van der Waals surface area (Å²) < 4.78 is 26.9. The lowest BCUT2D eigenvalue weighted by atomic mass is 10.1. The number of hydrogen-bond acceptors (Lipinski definition) is 6. The Morgan fingerprint density at radius 1 is 1.11 bits per heavy atom. The monoisotopic (exact) mass is 456 g/mol. The number of hydrogen-bond donors (Lipinski definition) is 2. The highest BCUT2D eigenvalue weighted by molar-refractivity contribution is 7.91. The standard InChI is InChI=1S/C17H14Cl2N4O3S2/c1-10-2-4-11(5-3-10)15(24)21-16-22-23-17(27-16)28(25,26)20-9-12-6-7-13(18)8-14(12)19/h2-8,20H,9H2,1H3,(H,21,22,24). The first-order chi connectivity index (χ1) is 13.2. The van der Waals surface area contributed by atoms with Crippen LogP contribution < -0.4 is 10.0 Å². The second-order valence-electron chi connectivity index (χ2n) is 5.75. The molecule has 0 bridgehead atoms. The van der Waals surface area contributed by atoms with E-state index in [1.165, 1.54) is 6.07 Å². The Morgan fingerprint density at radius 3 is 2.50 bits per heavy atom. The van der Waals surface area contributed by atoms with Gasteiger partial charge in [0.2, 0.25) is 9.47 Å². The van der Waals surface area contributed by atoms with E-state index in [0.717, 1.165) is 16.9 Å². The molecule has 1 aromatic heterocycles. The summed E-state index contributed by atoms with van der Waals surface area (Å²) >= 11 is 12.6. The van der Waals surface area contributed by atoms with Gasteiger partial charge in [-0.15, -0.1) is 10.2 Å². The molecule has 0 atom stereocenters. The number of amides is 1. The molecular weight excluding hydrogens is 443 g/mol. The normalized spacial score (nSPS) is 11.4. The van der Waals surface area contributed by atoms with Crippen LogP contribution in [-0.4, -0.2) is 24.5 Å². The fourth-order valence-corrected chi connectivity index (χ4v) is 4.56. The van der Waals surface area contributed by atoms with E-state index in [9.17, 15) is 13.2 Å². The molecule has 2 N–H and O–H groups in total. The topological polar surface area (TPSA) is 101 Å². The summed E-state index contributed by atoms with van der Waals surface area (Å²) in [4.78, 5) is 12.2. The second-order valence-corrected chi connectivity index (χ2v) is 9.52. The lowest BCUT2D eigenvalue weighted by molar-refractivity contribution is 0.102. The van der Waals surface area contributed by atoms with Gasteiger partial charge in [0.05, 0.1) is 0 Å². The quantitative estimate of drug-likeness (QED) is 0.547. The number of aromatic nitrogens is 2. The average molecular weight is 457 g/mol. The maximum absolute atomic E-state index is 12.4. The van der Waals surface area contributed by atoms with E-state index in [2.05, 4.69) is 20.2 Å². The summed E-state index contributed by atoms with van der Waals surface area (Å²) in [6.07, 6.45) is 0. The van der Waals surface area contributed by atoms with Crippen LogP contribution in [0.15, 0.2) is 46.8 Å². The van der Waals surface area contributed by atoms with Gasteiger partial charge in [-0.25, -0.2) is 13.1 Å². The number of carbonyl (C=O) groups is 1. The Kier molecular flexibility index (Phi) is 6.31. The molecule has 146 valence electrons.